The van der Waals surface area contributed by atoms with Crippen LogP contribution < -0.4 is 5.73 Å². The van der Waals surface area contributed by atoms with Crippen LogP contribution in [0.5, 0.6) is 0 Å². The van der Waals surface area contributed by atoms with Crippen LogP contribution in [0.2, 0.25) is 0 Å². The highest BCUT2D eigenvalue weighted by atomic mass is 19.1. The Balaban J connectivity index is 2.43. The van der Waals surface area contributed by atoms with E-state index >= 15 is 0 Å². The topological polar surface area (TPSA) is 77.1 Å². The Labute approximate surface area is 118 Å². The van der Waals surface area contributed by atoms with Crippen molar-refractivity contribution in [3.8, 4) is 0 Å². The monoisotopic (exact) mass is 284 g/mol. The van der Waals surface area contributed by atoms with Crippen LogP contribution in [0.3, 0.4) is 0 Å². The summed E-state index contributed by atoms with van der Waals surface area (Å²) >= 11 is 0. The van der Waals surface area contributed by atoms with Gasteiger partial charge in [0.25, 0.3) is 0 Å². The standard InChI is InChI=1S/C14H21FN2O3/c1-2-3-6-19-7-8-20-10-11-4-5-12(15)9-13(11)14(16)17-18/h4-5,9,18H,2-3,6-8,10H2,1H3,(H2,16,17). The first kappa shape index (κ1) is 16.4. The van der Waals surface area contributed by atoms with E-state index in [4.69, 9.17) is 20.4 Å². The van der Waals surface area contributed by atoms with Crippen molar-refractivity contribution in [1.82, 2.24) is 0 Å². The molecule has 1 rings (SSSR count). The smallest absolute Gasteiger partial charge is 0.170 e. The number of oxime groups is 1. The number of unbranched alkanes of at least 4 members (excludes halogenated alkanes) is 1. The number of nitrogens with zero attached hydrogens (tertiary/aromatic N) is 1. The van der Waals surface area contributed by atoms with Crippen molar-refractivity contribution >= 4 is 5.84 Å². The average molecular weight is 284 g/mol. The van der Waals surface area contributed by atoms with Gasteiger partial charge in [-0.3, -0.25) is 0 Å². The minimum absolute atomic E-state index is 0.137. The van der Waals surface area contributed by atoms with Crippen LogP contribution in [0.4, 0.5) is 4.39 Å². The van der Waals surface area contributed by atoms with Crippen LogP contribution in [-0.4, -0.2) is 30.9 Å². The highest BCUT2D eigenvalue weighted by Crippen LogP contribution is 2.12. The number of benzene rings is 1. The summed E-state index contributed by atoms with van der Waals surface area (Å²) in [5.41, 5.74) is 6.50. The van der Waals surface area contributed by atoms with E-state index in [9.17, 15) is 4.39 Å². The predicted octanol–water partition coefficient (Wildman–Crippen LogP) is 2.25. The van der Waals surface area contributed by atoms with E-state index in [0.29, 0.717) is 24.3 Å². The molecule has 0 aliphatic rings. The van der Waals surface area contributed by atoms with Gasteiger partial charge in [-0.05, 0) is 24.1 Å². The summed E-state index contributed by atoms with van der Waals surface area (Å²) in [6.45, 7) is 4.04. The molecule has 0 bridgehead atoms. The summed E-state index contributed by atoms with van der Waals surface area (Å²) in [6.07, 6.45) is 2.13. The van der Waals surface area contributed by atoms with E-state index in [1.807, 2.05) is 0 Å². The molecule has 0 saturated carbocycles. The summed E-state index contributed by atoms with van der Waals surface area (Å²) in [7, 11) is 0. The van der Waals surface area contributed by atoms with Crippen LogP contribution in [0.15, 0.2) is 23.4 Å². The third kappa shape index (κ3) is 5.54. The van der Waals surface area contributed by atoms with Crippen molar-refractivity contribution in [3.05, 3.63) is 35.1 Å². The van der Waals surface area contributed by atoms with Gasteiger partial charge in [-0.25, -0.2) is 4.39 Å². The molecule has 20 heavy (non-hydrogen) atoms. The Morgan fingerprint density at radius 1 is 1.30 bits per heavy atom. The van der Waals surface area contributed by atoms with Gasteiger partial charge in [0.2, 0.25) is 0 Å². The van der Waals surface area contributed by atoms with Gasteiger partial charge in [-0.1, -0.05) is 24.6 Å². The van der Waals surface area contributed by atoms with E-state index in [0.717, 1.165) is 19.4 Å². The molecule has 0 amide bonds. The molecule has 0 atom stereocenters. The molecule has 112 valence electrons. The lowest BCUT2D eigenvalue weighted by atomic mass is 10.1. The van der Waals surface area contributed by atoms with Crippen molar-refractivity contribution in [1.29, 1.82) is 0 Å². The molecule has 3 N–H and O–H groups in total. The fraction of sp³-hybridized carbons (Fsp3) is 0.500. The molecule has 0 aromatic heterocycles. The number of amidine groups is 1. The van der Waals surface area contributed by atoms with Gasteiger partial charge >= 0.3 is 0 Å². The molecular formula is C14H21FN2O3. The van der Waals surface area contributed by atoms with E-state index in [1.54, 1.807) is 6.07 Å². The zero-order chi connectivity index (χ0) is 14.8. The Hall–Kier alpha value is -1.66. The maximum atomic E-state index is 13.2. The number of halogens is 1. The van der Waals surface area contributed by atoms with Crippen molar-refractivity contribution in [2.75, 3.05) is 19.8 Å². The lowest BCUT2D eigenvalue weighted by Gasteiger charge is -2.09. The molecule has 1 aromatic carbocycles. The minimum Gasteiger partial charge on any atom is -0.409 e. The largest absolute Gasteiger partial charge is 0.409 e. The molecular weight excluding hydrogens is 263 g/mol. The molecule has 0 fully saturated rings. The summed E-state index contributed by atoms with van der Waals surface area (Å²) in [4.78, 5) is 0. The molecule has 0 aliphatic carbocycles. The zero-order valence-corrected chi connectivity index (χ0v) is 11.6. The third-order valence-electron chi connectivity index (χ3n) is 2.73. The van der Waals surface area contributed by atoms with Gasteiger partial charge in [0, 0.05) is 12.2 Å². The number of ether oxygens (including phenoxy) is 2. The lowest BCUT2D eigenvalue weighted by Crippen LogP contribution is -2.17. The minimum atomic E-state index is -0.446. The first-order chi connectivity index (χ1) is 9.69. The van der Waals surface area contributed by atoms with Gasteiger partial charge in [-0.2, -0.15) is 0 Å². The first-order valence-corrected chi connectivity index (χ1v) is 6.60. The molecule has 5 nitrogen and oxygen atoms in total. The Bertz CT molecular complexity index is 438. The SMILES string of the molecule is CCCCOCCOCc1ccc(F)cc1C(N)=NO. The maximum Gasteiger partial charge on any atom is 0.170 e. The van der Waals surface area contributed by atoms with Crippen LogP contribution in [0.1, 0.15) is 30.9 Å². The van der Waals surface area contributed by atoms with Crippen molar-refractivity contribution in [2.24, 2.45) is 10.9 Å². The Kier molecular flexibility index (Phi) is 7.60. The second-order valence-electron chi connectivity index (χ2n) is 4.31. The third-order valence-corrected chi connectivity index (χ3v) is 2.73. The number of hydrogen-bond acceptors (Lipinski definition) is 4. The van der Waals surface area contributed by atoms with Gasteiger partial charge in [0.1, 0.15) is 5.82 Å². The summed E-state index contributed by atoms with van der Waals surface area (Å²) < 4.78 is 23.9. The van der Waals surface area contributed by atoms with E-state index in [1.165, 1.54) is 12.1 Å². The lowest BCUT2D eigenvalue weighted by molar-refractivity contribution is 0.0396. The highest BCUT2D eigenvalue weighted by molar-refractivity contribution is 5.98. The van der Waals surface area contributed by atoms with Crippen LogP contribution >= 0.6 is 0 Å². The van der Waals surface area contributed by atoms with Crippen molar-refractivity contribution in [3.63, 3.8) is 0 Å². The Morgan fingerprint density at radius 2 is 2.05 bits per heavy atom. The van der Waals surface area contributed by atoms with Crippen LogP contribution in [0, 0.1) is 5.82 Å². The average Bonchev–Trinajstić information content (AvgIpc) is 2.46. The van der Waals surface area contributed by atoms with Crippen LogP contribution in [-0.2, 0) is 16.1 Å². The summed E-state index contributed by atoms with van der Waals surface area (Å²) in [5.74, 6) is -0.583. The summed E-state index contributed by atoms with van der Waals surface area (Å²) in [6, 6.07) is 4.08. The van der Waals surface area contributed by atoms with Crippen LogP contribution in [0.25, 0.3) is 0 Å². The molecule has 0 saturated heterocycles. The molecule has 0 aliphatic heterocycles. The second-order valence-corrected chi connectivity index (χ2v) is 4.31. The number of hydrogen-bond donors (Lipinski definition) is 2. The van der Waals surface area contributed by atoms with Gasteiger partial charge in [0.05, 0.1) is 19.8 Å². The fourth-order valence-corrected chi connectivity index (χ4v) is 1.62. The molecule has 0 spiro atoms. The predicted molar refractivity (Wildman–Crippen MR) is 74.3 cm³/mol. The summed E-state index contributed by atoms with van der Waals surface area (Å²) in [5, 5.41) is 11.6. The second kappa shape index (κ2) is 9.28. The van der Waals surface area contributed by atoms with Gasteiger partial charge in [-0.15, -0.1) is 0 Å². The molecule has 0 radical (unpaired) electrons. The van der Waals surface area contributed by atoms with Crippen molar-refractivity contribution in [2.45, 2.75) is 26.4 Å². The van der Waals surface area contributed by atoms with Gasteiger partial charge in [0.15, 0.2) is 5.84 Å². The molecule has 0 unspecified atom stereocenters. The van der Waals surface area contributed by atoms with Crippen molar-refractivity contribution < 1.29 is 19.1 Å². The Morgan fingerprint density at radius 3 is 2.75 bits per heavy atom. The quantitative estimate of drug-likeness (QED) is 0.240. The first-order valence-electron chi connectivity index (χ1n) is 6.60. The normalized spacial score (nSPS) is 11.8. The molecule has 0 heterocycles. The molecule has 1 aromatic rings. The number of nitrogens with two attached hydrogens (primary N) is 1. The van der Waals surface area contributed by atoms with Gasteiger partial charge < -0.3 is 20.4 Å². The van der Waals surface area contributed by atoms with E-state index in [2.05, 4.69) is 12.1 Å². The molecule has 6 heteroatoms. The fourth-order valence-electron chi connectivity index (χ4n) is 1.62. The van der Waals surface area contributed by atoms with E-state index in [-0.39, 0.29) is 12.4 Å². The zero-order valence-electron chi connectivity index (χ0n) is 11.6. The van der Waals surface area contributed by atoms with E-state index < -0.39 is 5.82 Å². The highest BCUT2D eigenvalue weighted by Gasteiger charge is 2.08. The maximum absolute atomic E-state index is 13.2. The number of rotatable bonds is 9.